The molecule has 0 aliphatic rings. The number of H-pyrrole nitrogens is 1. The molecule has 2 nitrogen and oxygen atoms in total. The van der Waals surface area contributed by atoms with Crippen LogP contribution in [-0.2, 0) is 6.18 Å². The molecule has 2 rings (SSSR count). The SMILES string of the molecule is FC(F)(F)c1cc(Br)cc2[nH]cnc12. The van der Waals surface area contributed by atoms with Gasteiger partial charge in [-0.3, -0.25) is 0 Å². The van der Waals surface area contributed by atoms with Crippen molar-refractivity contribution < 1.29 is 13.2 Å². The highest BCUT2D eigenvalue weighted by Crippen LogP contribution is 2.35. The summed E-state index contributed by atoms with van der Waals surface area (Å²) < 4.78 is 37.9. The van der Waals surface area contributed by atoms with Gasteiger partial charge in [0.05, 0.1) is 17.4 Å². The molecule has 1 aromatic heterocycles. The van der Waals surface area contributed by atoms with Gasteiger partial charge in [-0.1, -0.05) is 15.9 Å². The predicted molar refractivity (Wildman–Crippen MR) is 48.8 cm³/mol. The normalized spacial score (nSPS) is 12.3. The first-order valence-corrected chi connectivity index (χ1v) is 4.47. The Morgan fingerprint density at radius 1 is 1.29 bits per heavy atom. The molecule has 0 saturated carbocycles. The Kier molecular flexibility index (Phi) is 2.02. The summed E-state index contributed by atoms with van der Waals surface area (Å²) in [5, 5.41) is 0. The monoisotopic (exact) mass is 264 g/mol. The lowest BCUT2D eigenvalue weighted by molar-refractivity contribution is -0.136. The first kappa shape index (κ1) is 9.51. The maximum absolute atomic E-state index is 12.5. The molecule has 0 fully saturated rings. The van der Waals surface area contributed by atoms with Gasteiger partial charge in [0.15, 0.2) is 0 Å². The fourth-order valence-electron chi connectivity index (χ4n) is 1.23. The molecule has 0 saturated heterocycles. The van der Waals surface area contributed by atoms with Crippen LogP contribution in [0.25, 0.3) is 11.0 Å². The molecule has 0 aliphatic carbocycles. The first-order valence-electron chi connectivity index (χ1n) is 3.68. The van der Waals surface area contributed by atoms with Crippen LogP contribution in [0.3, 0.4) is 0 Å². The first-order chi connectivity index (χ1) is 6.48. The molecule has 0 bridgehead atoms. The van der Waals surface area contributed by atoms with Gasteiger partial charge in [0, 0.05) is 4.47 Å². The standard InChI is InChI=1S/C8H4BrF3N2/c9-4-1-5(8(10,11)12)7-6(2-4)13-3-14-7/h1-3H,(H,13,14). The van der Waals surface area contributed by atoms with Gasteiger partial charge in [-0.2, -0.15) is 13.2 Å². The number of halogens is 4. The number of aromatic nitrogens is 2. The van der Waals surface area contributed by atoms with E-state index >= 15 is 0 Å². The summed E-state index contributed by atoms with van der Waals surface area (Å²) in [5.41, 5.74) is -0.421. The second-order valence-corrected chi connectivity index (χ2v) is 3.67. The van der Waals surface area contributed by atoms with Crippen molar-refractivity contribution in [3.63, 3.8) is 0 Å². The zero-order chi connectivity index (χ0) is 10.3. The maximum Gasteiger partial charge on any atom is 0.418 e. The highest BCUT2D eigenvalue weighted by atomic mass is 79.9. The summed E-state index contributed by atoms with van der Waals surface area (Å²) >= 11 is 3.01. The Morgan fingerprint density at radius 2 is 2.00 bits per heavy atom. The molecule has 0 atom stereocenters. The van der Waals surface area contributed by atoms with Crippen LogP contribution < -0.4 is 0 Å². The summed E-state index contributed by atoms with van der Waals surface area (Å²) in [6.45, 7) is 0. The molecule has 74 valence electrons. The van der Waals surface area contributed by atoms with E-state index < -0.39 is 11.7 Å². The second kappa shape index (κ2) is 2.98. The van der Waals surface area contributed by atoms with E-state index in [0.29, 0.717) is 9.99 Å². The van der Waals surface area contributed by atoms with Crippen LogP contribution in [0.5, 0.6) is 0 Å². The topological polar surface area (TPSA) is 28.7 Å². The molecule has 0 aliphatic heterocycles. The van der Waals surface area contributed by atoms with E-state index in [2.05, 4.69) is 25.9 Å². The van der Waals surface area contributed by atoms with E-state index in [1.54, 1.807) is 6.07 Å². The van der Waals surface area contributed by atoms with Crippen LogP contribution in [-0.4, -0.2) is 9.97 Å². The number of nitrogens with zero attached hydrogens (tertiary/aromatic N) is 1. The van der Waals surface area contributed by atoms with E-state index in [1.165, 1.54) is 6.33 Å². The molecular weight excluding hydrogens is 261 g/mol. The maximum atomic E-state index is 12.5. The summed E-state index contributed by atoms with van der Waals surface area (Å²) in [6, 6.07) is 2.57. The van der Waals surface area contributed by atoms with Crippen LogP contribution in [0, 0.1) is 0 Å². The summed E-state index contributed by atoms with van der Waals surface area (Å²) in [5.74, 6) is 0. The lowest BCUT2D eigenvalue weighted by Gasteiger charge is -2.07. The molecule has 0 spiro atoms. The van der Waals surface area contributed by atoms with Gasteiger partial charge >= 0.3 is 6.18 Å². The van der Waals surface area contributed by atoms with Crippen LogP contribution >= 0.6 is 15.9 Å². The molecular formula is C8H4BrF3N2. The van der Waals surface area contributed by atoms with Gasteiger partial charge in [0.2, 0.25) is 0 Å². The van der Waals surface area contributed by atoms with E-state index in [1.807, 2.05) is 0 Å². The molecule has 1 N–H and O–H groups in total. The van der Waals surface area contributed by atoms with Crippen LogP contribution in [0.4, 0.5) is 13.2 Å². The molecule has 1 heterocycles. The Morgan fingerprint density at radius 3 is 2.64 bits per heavy atom. The van der Waals surface area contributed by atoms with Gasteiger partial charge in [-0.05, 0) is 12.1 Å². The van der Waals surface area contributed by atoms with Crippen LogP contribution in [0.1, 0.15) is 5.56 Å². The van der Waals surface area contributed by atoms with Gasteiger partial charge in [0.1, 0.15) is 5.52 Å². The summed E-state index contributed by atoms with van der Waals surface area (Å²) in [7, 11) is 0. The third-order valence-corrected chi connectivity index (χ3v) is 2.25. The number of hydrogen-bond donors (Lipinski definition) is 1. The molecule has 6 heteroatoms. The Labute approximate surface area is 85.3 Å². The molecule has 1 aromatic carbocycles. The van der Waals surface area contributed by atoms with Crippen LogP contribution in [0.15, 0.2) is 22.9 Å². The van der Waals surface area contributed by atoms with E-state index in [9.17, 15) is 13.2 Å². The van der Waals surface area contributed by atoms with Gasteiger partial charge in [-0.25, -0.2) is 4.98 Å². The quantitative estimate of drug-likeness (QED) is 0.777. The van der Waals surface area contributed by atoms with Gasteiger partial charge in [-0.15, -0.1) is 0 Å². The van der Waals surface area contributed by atoms with Crippen molar-refractivity contribution in [2.45, 2.75) is 6.18 Å². The number of imidazole rings is 1. The zero-order valence-corrected chi connectivity index (χ0v) is 8.28. The Hall–Kier alpha value is -1.04. The second-order valence-electron chi connectivity index (χ2n) is 2.75. The third kappa shape index (κ3) is 1.50. The number of alkyl halides is 3. The number of benzene rings is 1. The predicted octanol–water partition coefficient (Wildman–Crippen LogP) is 3.34. The van der Waals surface area contributed by atoms with E-state index in [0.717, 1.165) is 6.07 Å². The van der Waals surface area contributed by atoms with Gasteiger partial charge in [0.25, 0.3) is 0 Å². The summed E-state index contributed by atoms with van der Waals surface area (Å²) in [6.07, 6.45) is -3.14. The molecule has 0 amide bonds. The van der Waals surface area contributed by atoms with Crippen molar-refractivity contribution in [1.29, 1.82) is 0 Å². The van der Waals surface area contributed by atoms with Crippen molar-refractivity contribution in [1.82, 2.24) is 9.97 Å². The van der Waals surface area contributed by atoms with E-state index in [-0.39, 0.29) is 5.52 Å². The van der Waals surface area contributed by atoms with Crippen molar-refractivity contribution in [3.05, 3.63) is 28.5 Å². The van der Waals surface area contributed by atoms with Crippen molar-refractivity contribution in [3.8, 4) is 0 Å². The number of fused-ring (bicyclic) bond motifs is 1. The van der Waals surface area contributed by atoms with Gasteiger partial charge < -0.3 is 4.98 Å². The Bertz CT molecular complexity index is 475. The fraction of sp³-hybridized carbons (Fsp3) is 0.125. The largest absolute Gasteiger partial charge is 0.418 e. The highest BCUT2D eigenvalue weighted by Gasteiger charge is 2.33. The van der Waals surface area contributed by atoms with Crippen molar-refractivity contribution in [2.24, 2.45) is 0 Å². The minimum atomic E-state index is -4.38. The molecule has 0 unspecified atom stereocenters. The smallest absolute Gasteiger partial charge is 0.345 e. The van der Waals surface area contributed by atoms with Crippen molar-refractivity contribution >= 4 is 27.0 Å². The lowest BCUT2D eigenvalue weighted by atomic mass is 10.2. The molecule has 0 radical (unpaired) electrons. The average Bonchev–Trinajstić information content (AvgIpc) is 2.47. The van der Waals surface area contributed by atoms with Crippen molar-refractivity contribution in [2.75, 3.05) is 0 Å². The summed E-state index contributed by atoms with van der Waals surface area (Å²) in [4.78, 5) is 6.26. The lowest BCUT2D eigenvalue weighted by Crippen LogP contribution is -2.05. The fourth-order valence-corrected chi connectivity index (χ4v) is 1.69. The third-order valence-electron chi connectivity index (χ3n) is 1.79. The number of aromatic amines is 1. The molecule has 2 aromatic rings. The van der Waals surface area contributed by atoms with Crippen LogP contribution in [0.2, 0.25) is 0 Å². The zero-order valence-electron chi connectivity index (χ0n) is 6.69. The minimum Gasteiger partial charge on any atom is -0.345 e. The highest BCUT2D eigenvalue weighted by molar-refractivity contribution is 9.10. The number of rotatable bonds is 0. The minimum absolute atomic E-state index is 0.0549. The number of nitrogens with one attached hydrogen (secondary N) is 1. The van der Waals surface area contributed by atoms with E-state index in [4.69, 9.17) is 0 Å². The number of hydrogen-bond acceptors (Lipinski definition) is 1. The average molecular weight is 265 g/mol. The molecule has 14 heavy (non-hydrogen) atoms. The Balaban J connectivity index is 2.80.